The Kier molecular flexibility index (Phi) is 23.1. The number of hydrogen-bond donors (Lipinski definition) is 11. The minimum absolute atomic E-state index is 0.0181. The Morgan fingerprint density at radius 1 is 0.716 bits per heavy atom. The van der Waals surface area contributed by atoms with E-state index in [2.05, 4.69) is 47.9 Å². The zero-order valence-electron chi connectivity index (χ0n) is 57.1. The van der Waals surface area contributed by atoms with Gasteiger partial charge in [-0.15, -0.1) is 0 Å². The highest BCUT2D eigenvalue weighted by Crippen LogP contribution is 2.47. The molecule has 0 unspecified atom stereocenters. The van der Waals surface area contributed by atoms with Gasteiger partial charge >= 0.3 is 24.1 Å². The molecule has 0 fully saturated rings. The van der Waals surface area contributed by atoms with Gasteiger partial charge in [0.15, 0.2) is 5.60 Å². The summed E-state index contributed by atoms with van der Waals surface area (Å²) < 4.78 is 33.2. The number of aliphatic carboxylic acids is 1. The molecule has 0 saturated carbocycles. The van der Waals surface area contributed by atoms with Crippen molar-refractivity contribution in [2.24, 2.45) is 0 Å². The maximum atomic E-state index is 15.5. The monoisotopic (exact) mass is 1400 g/mol. The van der Waals surface area contributed by atoms with Crippen LogP contribution < -0.4 is 53.4 Å². The van der Waals surface area contributed by atoms with E-state index in [1.165, 1.54) is 10.6 Å². The van der Waals surface area contributed by atoms with Gasteiger partial charge in [-0.25, -0.2) is 23.8 Å². The van der Waals surface area contributed by atoms with E-state index in [1.54, 1.807) is 71.0 Å². The number of benzene rings is 4. The number of carbonyl (C=O) groups excluding carboxylic acids is 10. The summed E-state index contributed by atoms with van der Waals surface area (Å²) in [6, 6.07) is 21.8. The van der Waals surface area contributed by atoms with Crippen LogP contribution in [0.4, 0.5) is 14.0 Å². The van der Waals surface area contributed by atoms with Gasteiger partial charge in [0.25, 0.3) is 5.56 Å². The van der Waals surface area contributed by atoms with Gasteiger partial charge in [0.1, 0.15) is 42.8 Å². The van der Waals surface area contributed by atoms with E-state index in [-0.39, 0.29) is 94.3 Å². The van der Waals surface area contributed by atoms with Gasteiger partial charge in [0, 0.05) is 54.4 Å². The molecule has 0 spiro atoms. The Morgan fingerprint density at radius 3 is 2.04 bits per heavy atom. The highest BCUT2D eigenvalue weighted by Gasteiger charge is 2.46. The largest absolute Gasteiger partial charge is 0.481 e. The van der Waals surface area contributed by atoms with Crippen molar-refractivity contribution in [3.05, 3.63) is 157 Å². The lowest BCUT2D eigenvalue weighted by atomic mass is 9.81. The summed E-state index contributed by atoms with van der Waals surface area (Å²) in [5.74, 6) is -8.75. The molecule has 538 valence electrons. The SMILES string of the molecule is CC[C@@]1(O)C(=O)OCc2c1cc1n(c2=O)Cc2c-1nc1cc(F)c(C)c3c1c2[C@@H](NC(=O)CCCNC(=O)CNC(=O)[C@H](Cc1ccccc1)NC(=O)CNC(=O)CNC(=O)[C@H](CC(=O)O)NC(=O)[C@H](CCCCNC(=O)OC(C)(C)C)NC(=O)OCC1c2ccccc2-c2ccccc21)CC3. The Bertz CT molecular complexity index is 4320. The van der Waals surface area contributed by atoms with E-state index in [9.17, 15) is 67.7 Å². The third-order valence-corrected chi connectivity index (χ3v) is 18.4. The normalized spacial score (nSPS) is 16.1. The Morgan fingerprint density at radius 2 is 1.36 bits per heavy atom. The molecule has 4 heterocycles. The van der Waals surface area contributed by atoms with Crippen LogP contribution in [-0.4, -0.2) is 148 Å². The molecule has 0 saturated heterocycles. The number of carboxylic acids is 1. The third kappa shape index (κ3) is 17.2. The standard InChI is InChI=1S/C73H82FN11O17/c1-6-73(99)49-30-56-64-46(36-85(56)68(95)48(49)38-100-69(73)96)63-51(26-25-41-39(2)50(74)31-53(82-64)62(41)63)80-57(86)24-16-28-75-58(87)33-78-65(92)54(29-40-17-8-7-9-18-40)81-60(89)35-77-59(88)34-79-66(93)55(32-61(90)91)83-67(94)52(23-14-15-27-76-70(97)102-72(3,4)5)84-71(98)101-37-47-44-21-12-10-19-42(44)43-20-11-13-22-45(43)47/h7-13,17-22,30-31,47,51-52,54-55,99H,6,14-16,23-29,32-38H2,1-5H3,(H,75,87)(H,76,97)(H,77,88)(H,78,92)(H,79,93)(H,80,86)(H,81,89)(H,83,94)(H,84,98)(H,90,91)/t51-,52-,54-,55-,73-/m0/s1. The fraction of sp³-hybridized carbons (Fsp3) is 0.411. The summed E-state index contributed by atoms with van der Waals surface area (Å²) in [6.45, 7) is 6.12. The number of unbranched alkanes of at least 4 members (excludes halogenated alkanes) is 1. The van der Waals surface area contributed by atoms with Gasteiger partial charge in [-0.2, -0.15) is 0 Å². The average Bonchev–Trinajstić information content (AvgIpc) is 1.49. The van der Waals surface area contributed by atoms with Crippen molar-refractivity contribution in [3.8, 4) is 22.5 Å². The topological polar surface area (TPSA) is 399 Å². The number of alkyl carbamates (subject to hydrolysis) is 2. The second kappa shape index (κ2) is 32.0. The Labute approximate surface area is 585 Å². The quantitative estimate of drug-likeness (QED) is 0.0178. The molecule has 2 aromatic heterocycles. The number of nitrogens with one attached hydrogen (secondary N) is 9. The van der Waals surface area contributed by atoms with Crippen molar-refractivity contribution in [1.29, 1.82) is 0 Å². The summed E-state index contributed by atoms with van der Waals surface area (Å²) in [5, 5.41) is 44.8. The van der Waals surface area contributed by atoms with Crippen LogP contribution in [0.15, 0.2) is 95.8 Å². The predicted octanol–water partition coefficient (Wildman–Crippen LogP) is 4.16. The highest BCUT2D eigenvalue weighted by molar-refractivity contribution is 5.97. The summed E-state index contributed by atoms with van der Waals surface area (Å²) in [5.41, 5.74) is 4.89. The van der Waals surface area contributed by atoms with Crippen LogP contribution in [0.3, 0.4) is 0 Å². The number of amides is 9. The second-order valence-electron chi connectivity index (χ2n) is 26.6. The van der Waals surface area contributed by atoms with Gasteiger partial charge in [0.05, 0.1) is 61.1 Å². The molecule has 4 aliphatic rings. The van der Waals surface area contributed by atoms with E-state index in [1.807, 2.05) is 48.5 Å². The first-order valence-electron chi connectivity index (χ1n) is 33.8. The maximum Gasteiger partial charge on any atom is 0.407 e. The average molecular weight is 1400 g/mol. The lowest BCUT2D eigenvalue weighted by molar-refractivity contribution is -0.172. The number of fused-ring (bicyclic) bond motifs is 8. The van der Waals surface area contributed by atoms with Crippen LogP contribution in [0, 0.1) is 12.7 Å². The van der Waals surface area contributed by atoms with Crippen molar-refractivity contribution >= 4 is 76.4 Å². The number of nitrogens with zero attached hydrogens (tertiary/aromatic N) is 2. The van der Waals surface area contributed by atoms with Crippen molar-refractivity contribution in [2.45, 2.75) is 153 Å². The molecule has 102 heavy (non-hydrogen) atoms. The number of hydrogen-bond acceptors (Lipinski definition) is 17. The molecule has 5 atom stereocenters. The maximum absolute atomic E-state index is 15.5. The number of pyridine rings is 2. The molecule has 0 bridgehead atoms. The molecule has 28 nitrogen and oxygen atoms in total. The van der Waals surface area contributed by atoms with Gasteiger partial charge in [-0.1, -0.05) is 85.8 Å². The van der Waals surface area contributed by atoms with E-state index < -0.39 is 132 Å². The minimum atomic E-state index is -2.07. The Balaban J connectivity index is 0.693. The number of aryl methyl sites for hydroxylation is 1. The van der Waals surface area contributed by atoms with Gasteiger partial charge in [-0.05, 0) is 123 Å². The first-order valence-corrected chi connectivity index (χ1v) is 33.8. The number of cyclic esters (lactones) is 1. The van der Waals surface area contributed by atoms with E-state index in [0.717, 1.165) is 27.8 Å². The lowest BCUT2D eigenvalue weighted by Crippen LogP contribution is -2.55. The number of esters is 1. The zero-order chi connectivity index (χ0) is 73.2. The van der Waals surface area contributed by atoms with Crippen molar-refractivity contribution in [3.63, 3.8) is 0 Å². The smallest absolute Gasteiger partial charge is 0.407 e. The lowest BCUT2D eigenvalue weighted by Gasteiger charge is -2.31. The van der Waals surface area contributed by atoms with E-state index in [4.69, 9.17) is 19.2 Å². The molecule has 10 rings (SSSR count). The number of carbonyl (C=O) groups is 11. The summed E-state index contributed by atoms with van der Waals surface area (Å²) in [4.78, 5) is 164. The van der Waals surface area contributed by atoms with Crippen LogP contribution >= 0.6 is 0 Å². The predicted molar refractivity (Wildman–Crippen MR) is 366 cm³/mol. The van der Waals surface area contributed by atoms with Crippen LogP contribution in [0.5, 0.6) is 0 Å². The molecule has 2 aliphatic carbocycles. The number of ether oxygens (including phenoxy) is 3. The zero-order valence-corrected chi connectivity index (χ0v) is 57.1. The fourth-order valence-electron chi connectivity index (χ4n) is 13.3. The van der Waals surface area contributed by atoms with Crippen LogP contribution in [0.1, 0.15) is 141 Å². The number of carboxylic acid groups (broad SMARTS) is 1. The van der Waals surface area contributed by atoms with Crippen LogP contribution in [0.25, 0.3) is 33.4 Å². The highest BCUT2D eigenvalue weighted by atomic mass is 19.1. The first kappa shape index (κ1) is 73.6. The van der Waals surface area contributed by atoms with E-state index >= 15 is 4.39 Å². The van der Waals surface area contributed by atoms with E-state index in [0.29, 0.717) is 63.8 Å². The van der Waals surface area contributed by atoms with Crippen LogP contribution in [-0.2, 0) is 89.0 Å². The van der Waals surface area contributed by atoms with Crippen LogP contribution in [0.2, 0.25) is 0 Å². The number of rotatable bonds is 29. The molecule has 0 radical (unpaired) electrons. The summed E-state index contributed by atoms with van der Waals surface area (Å²) >= 11 is 0. The number of aliphatic hydroxyl groups is 1. The molecule has 29 heteroatoms. The summed E-state index contributed by atoms with van der Waals surface area (Å²) in [6.07, 6.45) is -1.28. The first-order chi connectivity index (χ1) is 48.7. The third-order valence-electron chi connectivity index (χ3n) is 18.4. The molecule has 2 aliphatic heterocycles. The molecular weight excluding hydrogens is 1320 g/mol. The van der Waals surface area contributed by atoms with Crippen molar-refractivity contribution < 1.29 is 81.6 Å². The molecule has 6 aromatic rings. The van der Waals surface area contributed by atoms with Crippen molar-refractivity contribution in [1.82, 2.24) is 57.4 Å². The molecule has 9 amide bonds. The molecular formula is C73H82FN11O17. The Hall–Kier alpha value is -11.1. The molecule has 4 aromatic carbocycles. The fourth-order valence-corrected chi connectivity index (χ4v) is 13.3. The van der Waals surface area contributed by atoms with Gasteiger partial charge in [0.2, 0.25) is 41.4 Å². The molecule has 11 N–H and O–H groups in total. The summed E-state index contributed by atoms with van der Waals surface area (Å²) in [7, 11) is 0. The number of aromatic nitrogens is 2. The van der Waals surface area contributed by atoms with Gasteiger partial charge in [-0.3, -0.25) is 43.2 Å². The van der Waals surface area contributed by atoms with Gasteiger partial charge < -0.3 is 76.8 Å². The number of halogens is 1. The van der Waals surface area contributed by atoms with Crippen molar-refractivity contribution in [2.75, 3.05) is 39.3 Å². The minimum Gasteiger partial charge on any atom is -0.481 e. The second-order valence-corrected chi connectivity index (χ2v) is 26.6.